The molecule has 0 saturated heterocycles. The van der Waals surface area contributed by atoms with E-state index >= 15 is 0 Å². The summed E-state index contributed by atoms with van der Waals surface area (Å²) in [5.74, 6) is -0.842. The van der Waals surface area contributed by atoms with Crippen molar-refractivity contribution in [3.63, 3.8) is 0 Å². The van der Waals surface area contributed by atoms with Gasteiger partial charge >= 0.3 is 0 Å². The SMILES string of the molecule is CNc1cc(F)cc2cc(C(=O)C=Cc3ccc(O)cc3)c(=O)[nH]c12. The Morgan fingerprint density at radius 2 is 1.92 bits per heavy atom. The molecule has 0 unspecified atom stereocenters. The number of hydrogen-bond donors (Lipinski definition) is 3. The lowest BCUT2D eigenvalue weighted by Gasteiger charge is -2.07. The van der Waals surface area contributed by atoms with Gasteiger partial charge in [0.05, 0.1) is 16.8 Å². The van der Waals surface area contributed by atoms with Gasteiger partial charge < -0.3 is 15.4 Å². The van der Waals surface area contributed by atoms with Gasteiger partial charge in [-0.25, -0.2) is 4.39 Å². The second-order valence-corrected chi connectivity index (χ2v) is 5.47. The number of nitrogens with one attached hydrogen (secondary N) is 2. The first-order chi connectivity index (χ1) is 12.0. The fourth-order valence-corrected chi connectivity index (χ4v) is 2.51. The highest BCUT2D eigenvalue weighted by atomic mass is 19.1. The highest BCUT2D eigenvalue weighted by Gasteiger charge is 2.12. The maximum Gasteiger partial charge on any atom is 0.259 e. The van der Waals surface area contributed by atoms with Crippen molar-refractivity contribution in [3.8, 4) is 5.75 Å². The molecule has 0 aliphatic carbocycles. The molecular weight excluding hydrogens is 323 g/mol. The van der Waals surface area contributed by atoms with Gasteiger partial charge in [-0.1, -0.05) is 18.2 Å². The zero-order valence-electron chi connectivity index (χ0n) is 13.3. The molecule has 0 saturated carbocycles. The molecule has 0 aliphatic rings. The number of allylic oxidation sites excluding steroid dienone is 1. The minimum atomic E-state index is -0.545. The van der Waals surface area contributed by atoms with Crippen LogP contribution in [0.15, 0.2) is 53.3 Å². The number of phenolic OH excluding ortho intramolecular Hbond substituents is 1. The van der Waals surface area contributed by atoms with Crippen LogP contribution in [0.3, 0.4) is 0 Å². The monoisotopic (exact) mass is 338 g/mol. The Kier molecular flexibility index (Phi) is 4.35. The molecule has 5 nitrogen and oxygen atoms in total. The van der Waals surface area contributed by atoms with E-state index in [9.17, 15) is 19.1 Å². The van der Waals surface area contributed by atoms with Crippen LogP contribution in [-0.2, 0) is 0 Å². The lowest BCUT2D eigenvalue weighted by atomic mass is 10.1. The van der Waals surface area contributed by atoms with Gasteiger partial charge in [-0.05, 0) is 42.0 Å². The summed E-state index contributed by atoms with van der Waals surface area (Å²) >= 11 is 0. The quantitative estimate of drug-likeness (QED) is 0.503. The molecule has 0 amide bonds. The molecule has 6 heteroatoms. The van der Waals surface area contributed by atoms with Crippen LogP contribution < -0.4 is 10.9 Å². The van der Waals surface area contributed by atoms with Crippen molar-refractivity contribution in [3.05, 3.63) is 75.8 Å². The Bertz CT molecular complexity index is 1040. The number of phenols is 1. The highest BCUT2D eigenvalue weighted by molar-refractivity contribution is 6.08. The molecular formula is C19H15FN2O3. The van der Waals surface area contributed by atoms with E-state index in [1.807, 2.05) is 0 Å². The number of hydrogen-bond acceptors (Lipinski definition) is 4. The van der Waals surface area contributed by atoms with Crippen LogP contribution in [0.25, 0.3) is 17.0 Å². The van der Waals surface area contributed by atoms with Gasteiger partial charge in [-0.2, -0.15) is 0 Å². The molecule has 0 aliphatic heterocycles. The zero-order chi connectivity index (χ0) is 18.0. The molecule has 0 radical (unpaired) electrons. The lowest BCUT2D eigenvalue weighted by molar-refractivity contribution is 0.104. The number of anilines is 1. The standard InChI is InChI=1S/C19H15FN2O3/c1-21-16-10-13(20)8-12-9-15(19(25)22-18(12)16)17(24)7-4-11-2-5-14(23)6-3-11/h2-10,21,23H,1H3,(H,22,25). The van der Waals surface area contributed by atoms with E-state index in [2.05, 4.69) is 10.3 Å². The van der Waals surface area contributed by atoms with E-state index in [1.165, 1.54) is 42.5 Å². The number of carbonyl (C=O) groups excluding carboxylic acids is 1. The summed E-state index contributed by atoms with van der Waals surface area (Å²) in [5.41, 5.74) is 0.955. The van der Waals surface area contributed by atoms with Crippen molar-refractivity contribution in [2.45, 2.75) is 0 Å². The third kappa shape index (κ3) is 3.42. The molecule has 0 fully saturated rings. The summed E-state index contributed by atoms with van der Waals surface area (Å²) in [7, 11) is 1.62. The zero-order valence-corrected chi connectivity index (χ0v) is 13.3. The maximum absolute atomic E-state index is 13.7. The second-order valence-electron chi connectivity index (χ2n) is 5.47. The summed E-state index contributed by atoms with van der Waals surface area (Å²) in [4.78, 5) is 27.2. The number of pyridine rings is 1. The predicted octanol–water partition coefficient (Wildman–Crippen LogP) is 3.31. The normalized spacial score (nSPS) is 11.1. The molecule has 1 aromatic heterocycles. The van der Waals surface area contributed by atoms with Crippen molar-refractivity contribution in [1.29, 1.82) is 0 Å². The Balaban J connectivity index is 2.00. The number of ketones is 1. The van der Waals surface area contributed by atoms with Crippen LogP contribution >= 0.6 is 0 Å². The van der Waals surface area contributed by atoms with E-state index in [4.69, 9.17) is 0 Å². The third-order valence-electron chi connectivity index (χ3n) is 3.77. The van der Waals surface area contributed by atoms with Crippen LogP contribution in [-0.4, -0.2) is 22.9 Å². The summed E-state index contributed by atoms with van der Waals surface area (Å²) in [6.07, 6.45) is 2.80. The molecule has 126 valence electrons. The number of halogens is 1. The summed E-state index contributed by atoms with van der Waals surface area (Å²) in [6, 6.07) is 10.2. The van der Waals surface area contributed by atoms with Crippen LogP contribution in [0.2, 0.25) is 0 Å². The minimum absolute atomic E-state index is 0.0739. The average molecular weight is 338 g/mol. The molecule has 1 heterocycles. The van der Waals surface area contributed by atoms with Gasteiger partial charge in [0.15, 0.2) is 5.78 Å². The second kappa shape index (κ2) is 6.60. The van der Waals surface area contributed by atoms with Crippen molar-refractivity contribution in [2.75, 3.05) is 12.4 Å². The molecule has 0 atom stereocenters. The van der Waals surface area contributed by atoms with Gasteiger partial charge in [0.2, 0.25) is 0 Å². The maximum atomic E-state index is 13.7. The number of benzene rings is 2. The smallest absolute Gasteiger partial charge is 0.259 e. The molecule has 0 spiro atoms. The topological polar surface area (TPSA) is 82.2 Å². The van der Waals surface area contributed by atoms with E-state index in [0.29, 0.717) is 22.2 Å². The van der Waals surface area contributed by atoms with Gasteiger partial charge in [0, 0.05) is 12.4 Å². The van der Waals surface area contributed by atoms with Crippen molar-refractivity contribution >= 4 is 28.4 Å². The summed E-state index contributed by atoms with van der Waals surface area (Å²) < 4.78 is 13.7. The van der Waals surface area contributed by atoms with E-state index in [-0.39, 0.29) is 11.3 Å². The fraction of sp³-hybridized carbons (Fsp3) is 0.0526. The number of aromatic nitrogens is 1. The Hall–Kier alpha value is -3.41. The van der Waals surface area contributed by atoms with Gasteiger partial charge in [-0.15, -0.1) is 0 Å². The highest BCUT2D eigenvalue weighted by Crippen LogP contribution is 2.22. The first-order valence-corrected chi connectivity index (χ1v) is 7.53. The predicted molar refractivity (Wildman–Crippen MR) is 95.5 cm³/mol. The van der Waals surface area contributed by atoms with Gasteiger partial charge in [-0.3, -0.25) is 9.59 Å². The Labute approximate surface area is 142 Å². The molecule has 25 heavy (non-hydrogen) atoms. The number of H-pyrrole nitrogens is 1. The fourth-order valence-electron chi connectivity index (χ4n) is 2.51. The van der Waals surface area contributed by atoms with Crippen molar-refractivity contribution in [2.24, 2.45) is 0 Å². The third-order valence-corrected chi connectivity index (χ3v) is 3.77. The summed E-state index contributed by atoms with van der Waals surface area (Å²) in [6.45, 7) is 0. The number of carbonyl (C=O) groups is 1. The van der Waals surface area contributed by atoms with E-state index < -0.39 is 17.2 Å². The van der Waals surface area contributed by atoms with Crippen LogP contribution in [0.1, 0.15) is 15.9 Å². The lowest BCUT2D eigenvalue weighted by Crippen LogP contribution is -2.16. The molecule has 3 N–H and O–H groups in total. The first-order valence-electron chi connectivity index (χ1n) is 7.53. The number of aromatic amines is 1. The molecule has 3 aromatic rings. The summed E-state index contributed by atoms with van der Waals surface area (Å²) in [5, 5.41) is 12.5. The minimum Gasteiger partial charge on any atom is -0.508 e. The molecule has 0 bridgehead atoms. The largest absolute Gasteiger partial charge is 0.508 e. The molecule has 2 aromatic carbocycles. The Morgan fingerprint density at radius 3 is 2.60 bits per heavy atom. The van der Waals surface area contributed by atoms with Gasteiger partial charge in [0.25, 0.3) is 5.56 Å². The van der Waals surface area contributed by atoms with E-state index in [1.54, 1.807) is 19.2 Å². The van der Waals surface area contributed by atoms with Gasteiger partial charge in [0.1, 0.15) is 11.6 Å². The Morgan fingerprint density at radius 1 is 1.20 bits per heavy atom. The van der Waals surface area contributed by atoms with Crippen molar-refractivity contribution < 1.29 is 14.3 Å². The van der Waals surface area contributed by atoms with E-state index in [0.717, 1.165) is 0 Å². The first kappa shape index (κ1) is 16.4. The number of rotatable bonds is 4. The number of fused-ring (bicyclic) bond motifs is 1. The molecule has 3 rings (SSSR count). The van der Waals surface area contributed by atoms with Crippen molar-refractivity contribution in [1.82, 2.24) is 4.98 Å². The van der Waals surface area contributed by atoms with Crippen LogP contribution in [0, 0.1) is 5.82 Å². The van der Waals surface area contributed by atoms with Crippen LogP contribution in [0.5, 0.6) is 5.75 Å². The average Bonchev–Trinajstić information content (AvgIpc) is 2.60. The number of aromatic hydroxyl groups is 1. The van der Waals surface area contributed by atoms with Crippen LogP contribution in [0.4, 0.5) is 10.1 Å².